The van der Waals surface area contributed by atoms with Crippen LogP contribution in [0.3, 0.4) is 0 Å². The van der Waals surface area contributed by atoms with Crippen LogP contribution in [0.15, 0.2) is 12.7 Å². The number of rotatable bonds is 1. The number of nitrogens with two attached hydrogens (primary N) is 1. The lowest BCUT2D eigenvalue weighted by molar-refractivity contribution is -0.157. The molecule has 2 heterocycles. The van der Waals surface area contributed by atoms with Gasteiger partial charge in [-0.3, -0.25) is 15.0 Å². The molecule has 1 aliphatic heterocycles. The molecule has 8 heteroatoms. The van der Waals surface area contributed by atoms with Crippen LogP contribution in [0, 0.1) is 0 Å². The van der Waals surface area contributed by atoms with Crippen molar-refractivity contribution in [3.8, 4) is 0 Å². The maximum atomic E-state index is 12.6. The quantitative estimate of drug-likeness (QED) is 0.701. The van der Waals surface area contributed by atoms with Crippen LogP contribution in [0.1, 0.15) is 40.5 Å². The van der Waals surface area contributed by atoms with E-state index in [-0.39, 0.29) is 6.04 Å². The second-order valence-corrected chi connectivity index (χ2v) is 6.74. The summed E-state index contributed by atoms with van der Waals surface area (Å²) in [6, 6.07) is 0.0139. The van der Waals surface area contributed by atoms with E-state index >= 15 is 0 Å². The molecule has 2 amide bonds. The van der Waals surface area contributed by atoms with Gasteiger partial charge in [-0.15, -0.1) is 10.2 Å². The highest BCUT2D eigenvalue weighted by Crippen LogP contribution is 2.37. The summed E-state index contributed by atoms with van der Waals surface area (Å²) in [5.74, 6) is -1.29. The van der Waals surface area contributed by atoms with Gasteiger partial charge in [0.05, 0.1) is 0 Å². The van der Waals surface area contributed by atoms with E-state index in [1.165, 1.54) is 17.3 Å². The Morgan fingerprint density at radius 2 is 1.62 bits per heavy atom. The molecule has 0 radical (unpaired) electrons. The number of piperidine rings is 1. The van der Waals surface area contributed by atoms with Crippen molar-refractivity contribution in [3.05, 3.63) is 12.7 Å². The van der Waals surface area contributed by atoms with Crippen molar-refractivity contribution in [2.75, 3.05) is 5.43 Å². The lowest BCUT2D eigenvalue weighted by Gasteiger charge is -2.54. The SMILES string of the molecule is CC1(C)CC(N)CC(C)(C)N1C(=O)C(=O)Nn1cnnc1. The third kappa shape index (κ3) is 3.05. The minimum Gasteiger partial charge on any atom is -0.328 e. The van der Waals surface area contributed by atoms with E-state index in [0.717, 1.165) is 0 Å². The Morgan fingerprint density at radius 3 is 2.10 bits per heavy atom. The van der Waals surface area contributed by atoms with Gasteiger partial charge in [0.15, 0.2) is 0 Å². The average molecular weight is 294 g/mol. The predicted octanol–water partition coefficient (Wildman–Crippen LogP) is -0.145. The first-order valence-electron chi connectivity index (χ1n) is 6.89. The molecule has 0 aliphatic carbocycles. The number of nitrogens with one attached hydrogen (secondary N) is 1. The number of likely N-dealkylation sites (tertiary alicyclic amines) is 1. The molecule has 0 atom stereocenters. The summed E-state index contributed by atoms with van der Waals surface area (Å²) in [6.07, 6.45) is 3.94. The van der Waals surface area contributed by atoms with Gasteiger partial charge in [0.1, 0.15) is 12.7 Å². The maximum absolute atomic E-state index is 12.6. The molecule has 0 bridgehead atoms. The first-order valence-corrected chi connectivity index (χ1v) is 6.89. The second kappa shape index (κ2) is 5.10. The normalized spacial score (nSPS) is 21.1. The fourth-order valence-corrected chi connectivity index (χ4v) is 3.43. The van der Waals surface area contributed by atoms with E-state index in [4.69, 9.17) is 5.73 Å². The summed E-state index contributed by atoms with van der Waals surface area (Å²) >= 11 is 0. The molecular formula is C13H22N6O2. The molecule has 2 rings (SSSR count). The molecule has 0 unspecified atom stereocenters. The van der Waals surface area contributed by atoms with Gasteiger partial charge in [0, 0.05) is 17.1 Å². The molecule has 116 valence electrons. The van der Waals surface area contributed by atoms with E-state index in [9.17, 15) is 9.59 Å². The van der Waals surface area contributed by atoms with Gasteiger partial charge < -0.3 is 10.6 Å². The number of hydrogen-bond acceptors (Lipinski definition) is 5. The van der Waals surface area contributed by atoms with Crippen molar-refractivity contribution < 1.29 is 9.59 Å². The van der Waals surface area contributed by atoms with Crippen molar-refractivity contribution >= 4 is 11.8 Å². The van der Waals surface area contributed by atoms with Crippen molar-refractivity contribution in [2.24, 2.45) is 5.73 Å². The number of carbonyl (C=O) groups is 2. The topological polar surface area (TPSA) is 106 Å². The molecule has 21 heavy (non-hydrogen) atoms. The number of amides is 2. The molecule has 1 saturated heterocycles. The van der Waals surface area contributed by atoms with E-state index in [2.05, 4.69) is 15.6 Å². The van der Waals surface area contributed by atoms with Crippen molar-refractivity contribution in [1.82, 2.24) is 19.8 Å². The molecular weight excluding hydrogens is 272 g/mol. The van der Waals surface area contributed by atoms with Crippen LogP contribution in [0.5, 0.6) is 0 Å². The van der Waals surface area contributed by atoms with Gasteiger partial charge in [-0.2, -0.15) is 0 Å². The van der Waals surface area contributed by atoms with Crippen LogP contribution in [0.4, 0.5) is 0 Å². The fraction of sp³-hybridized carbons (Fsp3) is 0.692. The molecule has 0 aromatic carbocycles. The first-order chi connectivity index (χ1) is 9.63. The van der Waals surface area contributed by atoms with Crippen LogP contribution in [-0.2, 0) is 9.59 Å². The third-order valence-electron chi connectivity index (χ3n) is 3.78. The summed E-state index contributed by atoms with van der Waals surface area (Å²) in [4.78, 5) is 26.4. The summed E-state index contributed by atoms with van der Waals surface area (Å²) in [5.41, 5.74) is 7.54. The molecule has 1 fully saturated rings. The van der Waals surface area contributed by atoms with Crippen LogP contribution >= 0.6 is 0 Å². The molecule has 8 nitrogen and oxygen atoms in total. The highest BCUT2D eigenvalue weighted by Gasteiger charge is 2.48. The summed E-state index contributed by atoms with van der Waals surface area (Å²) in [6.45, 7) is 7.71. The Labute approximate surface area is 123 Å². The maximum Gasteiger partial charge on any atom is 0.328 e. The smallest absolute Gasteiger partial charge is 0.328 e. The number of nitrogens with zero attached hydrogens (tertiary/aromatic N) is 4. The Kier molecular flexibility index (Phi) is 3.75. The zero-order chi connectivity index (χ0) is 15.8. The largest absolute Gasteiger partial charge is 0.328 e. The number of hydrogen-bond donors (Lipinski definition) is 2. The molecule has 1 aromatic rings. The lowest BCUT2D eigenvalue weighted by atomic mass is 9.77. The fourth-order valence-electron chi connectivity index (χ4n) is 3.43. The molecule has 1 aliphatic rings. The van der Waals surface area contributed by atoms with Crippen molar-refractivity contribution in [3.63, 3.8) is 0 Å². The summed E-state index contributed by atoms with van der Waals surface area (Å²) < 4.78 is 1.25. The zero-order valence-corrected chi connectivity index (χ0v) is 12.8. The minimum absolute atomic E-state index is 0.0139. The third-order valence-corrected chi connectivity index (χ3v) is 3.78. The van der Waals surface area contributed by atoms with Gasteiger partial charge >= 0.3 is 11.8 Å². The first kappa shape index (κ1) is 15.4. The lowest BCUT2D eigenvalue weighted by Crippen LogP contribution is -2.67. The van der Waals surface area contributed by atoms with Gasteiger partial charge in [-0.1, -0.05) is 0 Å². The number of carbonyl (C=O) groups excluding carboxylic acids is 2. The summed E-state index contributed by atoms with van der Waals surface area (Å²) in [7, 11) is 0. The Balaban J connectivity index is 2.21. The van der Waals surface area contributed by atoms with Crippen LogP contribution in [0.2, 0.25) is 0 Å². The van der Waals surface area contributed by atoms with Gasteiger partial charge in [0.2, 0.25) is 0 Å². The van der Waals surface area contributed by atoms with Gasteiger partial charge in [-0.25, -0.2) is 4.68 Å². The van der Waals surface area contributed by atoms with Crippen LogP contribution in [-0.4, -0.2) is 48.7 Å². The Morgan fingerprint density at radius 1 is 1.14 bits per heavy atom. The molecule has 1 aromatic heterocycles. The average Bonchev–Trinajstić information content (AvgIpc) is 2.77. The zero-order valence-electron chi connectivity index (χ0n) is 12.8. The Hall–Kier alpha value is -1.96. The Bertz CT molecular complexity index is 519. The summed E-state index contributed by atoms with van der Waals surface area (Å²) in [5, 5.41) is 7.14. The standard InChI is InChI=1S/C13H22N6O2/c1-12(2)5-9(14)6-13(3,4)19(12)11(21)10(20)17-18-7-15-16-8-18/h7-9H,5-6,14H2,1-4H3,(H,17,20). The van der Waals surface area contributed by atoms with Crippen molar-refractivity contribution in [1.29, 1.82) is 0 Å². The predicted molar refractivity (Wildman–Crippen MR) is 76.6 cm³/mol. The van der Waals surface area contributed by atoms with Crippen molar-refractivity contribution in [2.45, 2.75) is 57.7 Å². The highest BCUT2D eigenvalue weighted by atomic mass is 16.2. The van der Waals surface area contributed by atoms with E-state index in [1.807, 2.05) is 27.7 Å². The van der Waals surface area contributed by atoms with Gasteiger partial charge in [-0.05, 0) is 40.5 Å². The molecule has 0 saturated carbocycles. The molecule has 3 N–H and O–H groups in total. The van der Waals surface area contributed by atoms with E-state index in [1.54, 1.807) is 4.90 Å². The van der Waals surface area contributed by atoms with Crippen LogP contribution in [0.25, 0.3) is 0 Å². The van der Waals surface area contributed by atoms with Gasteiger partial charge in [0.25, 0.3) is 0 Å². The van der Waals surface area contributed by atoms with E-state index in [0.29, 0.717) is 12.8 Å². The second-order valence-electron chi connectivity index (χ2n) is 6.74. The van der Waals surface area contributed by atoms with Crippen LogP contribution < -0.4 is 11.2 Å². The minimum atomic E-state index is -0.716. The monoisotopic (exact) mass is 294 g/mol. The molecule has 0 spiro atoms. The highest BCUT2D eigenvalue weighted by molar-refractivity contribution is 6.38. The number of aromatic nitrogens is 3. The van der Waals surface area contributed by atoms with E-state index < -0.39 is 22.9 Å².